The molecule has 0 aliphatic heterocycles. The molecule has 2 rings (SSSR count). The van der Waals surface area contributed by atoms with Gasteiger partial charge in [-0.1, -0.05) is 17.7 Å². The number of nitrogens with zero attached hydrogens (tertiary/aromatic N) is 3. The molecule has 94 valence electrons. The summed E-state index contributed by atoms with van der Waals surface area (Å²) >= 11 is 0. The second-order valence-corrected chi connectivity index (χ2v) is 4.26. The lowest BCUT2D eigenvalue weighted by atomic mass is 10.2. The van der Waals surface area contributed by atoms with Crippen molar-refractivity contribution in [2.45, 2.75) is 13.3 Å². The Morgan fingerprint density at radius 3 is 2.56 bits per heavy atom. The Hall–Kier alpha value is -1.94. The molecule has 4 nitrogen and oxygen atoms in total. The fourth-order valence-corrected chi connectivity index (χ4v) is 1.73. The highest BCUT2D eigenvalue weighted by atomic mass is 15.2. The molecule has 0 bridgehead atoms. The van der Waals surface area contributed by atoms with Crippen molar-refractivity contribution in [3.63, 3.8) is 0 Å². The summed E-state index contributed by atoms with van der Waals surface area (Å²) in [5.41, 5.74) is 7.88. The highest BCUT2D eigenvalue weighted by Crippen LogP contribution is 2.21. The molecule has 1 aromatic carbocycles. The van der Waals surface area contributed by atoms with Gasteiger partial charge in [0.15, 0.2) is 0 Å². The van der Waals surface area contributed by atoms with E-state index < -0.39 is 0 Å². The van der Waals surface area contributed by atoms with Gasteiger partial charge in [-0.05, 0) is 31.7 Å². The Morgan fingerprint density at radius 2 is 1.89 bits per heavy atom. The van der Waals surface area contributed by atoms with Gasteiger partial charge in [0.1, 0.15) is 11.6 Å². The maximum Gasteiger partial charge on any atom is 0.136 e. The van der Waals surface area contributed by atoms with Gasteiger partial charge in [0.2, 0.25) is 0 Å². The van der Waals surface area contributed by atoms with Gasteiger partial charge >= 0.3 is 0 Å². The first-order valence-corrected chi connectivity index (χ1v) is 6.03. The summed E-state index contributed by atoms with van der Waals surface area (Å²) in [6.45, 7) is 2.64. The SMILES string of the molecule is Cc1ccc(N(C)c2ccnc(CCN)n2)cc1. The van der Waals surface area contributed by atoms with Crippen LogP contribution >= 0.6 is 0 Å². The van der Waals surface area contributed by atoms with E-state index >= 15 is 0 Å². The highest BCUT2D eigenvalue weighted by molar-refractivity contribution is 5.58. The van der Waals surface area contributed by atoms with Crippen LogP contribution in [-0.2, 0) is 6.42 Å². The van der Waals surface area contributed by atoms with E-state index in [2.05, 4.69) is 41.2 Å². The fraction of sp³-hybridized carbons (Fsp3) is 0.286. The van der Waals surface area contributed by atoms with Crippen molar-refractivity contribution in [2.75, 3.05) is 18.5 Å². The molecule has 1 heterocycles. The molecule has 0 saturated heterocycles. The van der Waals surface area contributed by atoms with Gasteiger partial charge in [-0.15, -0.1) is 0 Å². The number of nitrogens with two attached hydrogens (primary N) is 1. The van der Waals surface area contributed by atoms with Crippen LogP contribution in [0.25, 0.3) is 0 Å². The van der Waals surface area contributed by atoms with Gasteiger partial charge in [-0.25, -0.2) is 9.97 Å². The Labute approximate surface area is 107 Å². The van der Waals surface area contributed by atoms with Gasteiger partial charge < -0.3 is 10.6 Å². The van der Waals surface area contributed by atoms with E-state index in [1.165, 1.54) is 5.56 Å². The van der Waals surface area contributed by atoms with Gasteiger partial charge in [0, 0.05) is 25.4 Å². The van der Waals surface area contributed by atoms with Crippen molar-refractivity contribution in [3.8, 4) is 0 Å². The zero-order valence-electron chi connectivity index (χ0n) is 10.8. The third kappa shape index (κ3) is 2.84. The van der Waals surface area contributed by atoms with E-state index in [1.54, 1.807) is 6.20 Å². The quantitative estimate of drug-likeness (QED) is 0.891. The normalized spacial score (nSPS) is 10.4. The van der Waals surface area contributed by atoms with Crippen molar-refractivity contribution in [3.05, 3.63) is 47.9 Å². The first-order chi connectivity index (χ1) is 8.70. The summed E-state index contributed by atoms with van der Waals surface area (Å²) in [5, 5.41) is 0. The highest BCUT2D eigenvalue weighted by Gasteiger charge is 2.06. The van der Waals surface area contributed by atoms with E-state index in [1.807, 2.05) is 18.0 Å². The number of aryl methyl sites for hydroxylation is 1. The zero-order valence-corrected chi connectivity index (χ0v) is 10.8. The van der Waals surface area contributed by atoms with Crippen LogP contribution in [0.1, 0.15) is 11.4 Å². The van der Waals surface area contributed by atoms with Crippen molar-refractivity contribution in [1.82, 2.24) is 9.97 Å². The smallest absolute Gasteiger partial charge is 0.136 e. The summed E-state index contributed by atoms with van der Waals surface area (Å²) in [6.07, 6.45) is 2.48. The van der Waals surface area contributed by atoms with Gasteiger partial charge in [0.05, 0.1) is 0 Å². The number of rotatable bonds is 4. The molecule has 0 aliphatic carbocycles. The Morgan fingerprint density at radius 1 is 1.17 bits per heavy atom. The number of aromatic nitrogens is 2. The van der Waals surface area contributed by atoms with E-state index in [0.717, 1.165) is 17.3 Å². The molecule has 2 N–H and O–H groups in total. The summed E-state index contributed by atoms with van der Waals surface area (Å²) in [4.78, 5) is 10.7. The molecular formula is C14H18N4. The number of hydrogen-bond donors (Lipinski definition) is 1. The molecule has 0 aliphatic rings. The Bertz CT molecular complexity index is 507. The van der Waals surface area contributed by atoms with E-state index in [-0.39, 0.29) is 0 Å². The van der Waals surface area contributed by atoms with Crippen LogP contribution in [0.5, 0.6) is 0 Å². The van der Waals surface area contributed by atoms with Crippen LogP contribution in [0, 0.1) is 6.92 Å². The van der Waals surface area contributed by atoms with Crippen LogP contribution in [0.2, 0.25) is 0 Å². The molecule has 0 radical (unpaired) electrons. The standard InChI is InChI=1S/C14H18N4/c1-11-3-5-12(6-4-11)18(2)14-8-10-16-13(17-14)7-9-15/h3-6,8,10H,7,9,15H2,1-2H3. The monoisotopic (exact) mass is 242 g/mol. The van der Waals surface area contributed by atoms with Crippen LogP contribution < -0.4 is 10.6 Å². The van der Waals surface area contributed by atoms with Crippen molar-refractivity contribution in [1.29, 1.82) is 0 Å². The molecule has 18 heavy (non-hydrogen) atoms. The van der Waals surface area contributed by atoms with Crippen LogP contribution in [0.4, 0.5) is 11.5 Å². The molecule has 1 aromatic heterocycles. The number of anilines is 2. The molecule has 0 fully saturated rings. The summed E-state index contributed by atoms with van der Waals surface area (Å²) < 4.78 is 0. The molecule has 0 unspecified atom stereocenters. The van der Waals surface area contributed by atoms with Crippen molar-refractivity contribution >= 4 is 11.5 Å². The van der Waals surface area contributed by atoms with Crippen LogP contribution in [0.15, 0.2) is 36.5 Å². The second kappa shape index (κ2) is 5.60. The minimum atomic E-state index is 0.567. The predicted octanol–water partition coefficient (Wildman–Crippen LogP) is 2.05. The number of hydrogen-bond acceptors (Lipinski definition) is 4. The van der Waals surface area contributed by atoms with E-state index in [4.69, 9.17) is 5.73 Å². The zero-order chi connectivity index (χ0) is 13.0. The maximum absolute atomic E-state index is 5.52. The average molecular weight is 242 g/mol. The third-order valence-corrected chi connectivity index (χ3v) is 2.82. The van der Waals surface area contributed by atoms with Crippen molar-refractivity contribution < 1.29 is 0 Å². The molecule has 0 spiro atoms. The van der Waals surface area contributed by atoms with E-state index in [0.29, 0.717) is 13.0 Å². The number of benzene rings is 1. The van der Waals surface area contributed by atoms with Crippen molar-refractivity contribution in [2.24, 2.45) is 5.73 Å². The predicted molar refractivity (Wildman–Crippen MR) is 74.0 cm³/mol. The molecule has 0 saturated carbocycles. The van der Waals surface area contributed by atoms with Crippen LogP contribution in [0.3, 0.4) is 0 Å². The van der Waals surface area contributed by atoms with Gasteiger partial charge in [-0.3, -0.25) is 0 Å². The lowest BCUT2D eigenvalue weighted by molar-refractivity contribution is 0.862. The van der Waals surface area contributed by atoms with Crippen LogP contribution in [-0.4, -0.2) is 23.6 Å². The second-order valence-electron chi connectivity index (χ2n) is 4.26. The average Bonchev–Trinajstić information content (AvgIpc) is 2.39. The molecule has 0 amide bonds. The largest absolute Gasteiger partial charge is 0.330 e. The van der Waals surface area contributed by atoms with Gasteiger partial charge in [0.25, 0.3) is 0 Å². The lowest BCUT2D eigenvalue weighted by Crippen LogP contribution is -2.14. The molecular weight excluding hydrogens is 224 g/mol. The summed E-state index contributed by atoms with van der Waals surface area (Å²) in [5.74, 6) is 1.67. The first-order valence-electron chi connectivity index (χ1n) is 6.03. The molecule has 0 atom stereocenters. The Balaban J connectivity index is 2.24. The third-order valence-electron chi connectivity index (χ3n) is 2.82. The Kier molecular flexibility index (Phi) is 3.89. The topological polar surface area (TPSA) is 55.0 Å². The lowest BCUT2D eigenvalue weighted by Gasteiger charge is -2.18. The summed E-state index contributed by atoms with van der Waals surface area (Å²) in [6, 6.07) is 10.3. The summed E-state index contributed by atoms with van der Waals surface area (Å²) in [7, 11) is 2.00. The fourth-order valence-electron chi connectivity index (χ4n) is 1.73. The molecule has 2 aromatic rings. The van der Waals surface area contributed by atoms with Gasteiger partial charge in [-0.2, -0.15) is 0 Å². The minimum Gasteiger partial charge on any atom is -0.330 e. The van der Waals surface area contributed by atoms with E-state index in [9.17, 15) is 0 Å². The maximum atomic E-state index is 5.52. The first kappa shape index (κ1) is 12.5. The minimum absolute atomic E-state index is 0.567. The molecule has 4 heteroatoms.